The van der Waals surface area contributed by atoms with Crippen molar-refractivity contribution in [2.75, 3.05) is 51.1 Å². The first-order chi connectivity index (χ1) is 16.6. The van der Waals surface area contributed by atoms with E-state index in [1.165, 1.54) is 12.8 Å². The standard InChI is InChI=1S/C27H34N4O3/c32-25(30-11-5-1-2-6-12-30)19-29-13-15-31(16-14-29)27(34)23-17-21-7-3-4-8-22(21)18-24(23)28-26(33)20-9-10-20/h3-4,7-8,17-18,20H,1-2,5-6,9-16,19H2,(H,28,33). The quantitative estimate of drug-likeness (QED) is 0.740. The van der Waals surface area contributed by atoms with Gasteiger partial charge < -0.3 is 15.1 Å². The number of nitrogens with one attached hydrogen (secondary N) is 1. The molecule has 5 rings (SSSR count). The molecule has 3 fully saturated rings. The summed E-state index contributed by atoms with van der Waals surface area (Å²) in [7, 11) is 0. The second-order valence-corrected chi connectivity index (χ2v) is 9.87. The second-order valence-electron chi connectivity index (χ2n) is 9.87. The third-order valence-corrected chi connectivity index (χ3v) is 7.30. The van der Waals surface area contributed by atoms with Gasteiger partial charge in [0, 0.05) is 45.2 Å². The number of nitrogens with zero attached hydrogens (tertiary/aromatic N) is 3. The van der Waals surface area contributed by atoms with E-state index in [0.717, 1.165) is 49.5 Å². The van der Waals surface area contributed by atoms with Crippen molar-refractivity contribution < 1.29 is 14.4 Å². The second kappa shape index (κ2) is 10.1. The molecule has 0 aromatic heterocycles. The maximum absolute atomic E-state index is 13.5. The number of likely N-dealkylation sites (tertiary alicyclic amines) is 1. The Labute approximate surface area is 201 Å². The number of anilines is 1. The van der Waals surface area contributed by atoms with E-state index in [0.29, 0.717) is 44.0 Å². The summed E-state index contributed by atoms with van der Waals surface area (Å²) in [5.74, 6) is 0.220. The number of amides is 3. The molecule has 0 unspecified atom stereocenters. The summed E-state index contributed by atoms with van der Waals surface area (Å²) in [6.07, 6.45) is 6.45. The van der Waals surface area contributed by atoms with Crippen LogP contribution in [-0.4, -0.2) is 78.2 Å². The Morgan fingerprint density at radius 3 is 2.09 bits per heavy atom. The van der Waals surface area contributed by atoms with Gasteiger partial charge in [-0.1, -0.05) is 37.1 Å². The Hall–Kier alpha value is -2.93. The molecule has 1 saturated carbocycles. The maximum atomic E-state index is 13.5. The van der Waals surface area contributed by atoms with Crippen molar-refractivity contribution in [3.63, 3.8) is 0 Å². The van der Waals surface area contributed by atoms with Crippen LogP contribution >= 0.6 is 0 Å². The van der Waals surface area contributed by atoms with Crippen molar-refractivity contribution in [2.45, 2.75) is 38.5 Å². The summed E-state index contributed by atoms with van der Waals surface area (Å²) < 4.78 is 0. The van der Waals surface area contributed by atoms with Gasteiger partial charge in [-0.25, -0.2) is 0 Å². The highest BCUT2D eigenvalue weighted by molar-refractivity contribution is 6.08. The van der Waals surface area contributed by atoms with Crippen LogP contribution in [0.1, 0.15) is 48.9 Å². The lowest BCUT2D eigenvalue weighted by atomic mass is 10.0. The SMILES string of the molecule is O=C(Nc1cc2ccccc2cc1C(=O)N1CCN(CC(=O)N2CCCCCC2)CC1)C1CC1. The van der Waals surface area contributed by atoms with E-state index in [4.69, 9.17) is 0 Å². The molecule has 2 heterocycles. The number of rotatable bonds is 5. The number of hydrogen-bond acceptors (Lipinski definition) is 4. The van der Waals surface area contributed by atoms with Crippen LogP contribution in [0.2, 0.25) is 0 Å². The fraction of sp³-hybridized carbons (Fsp3) is 0.519. The van der Waals surface area contributed by atoms with Crippen LogP contribution in [0.15, 0.2) is 36.4 Å². The molecule has 0 atom stereocenters. The molecule has 3 aliphatic rings. The molecular weight excluding hydrogens is 428 g/mol. The molecule has 2 saturated heterocycles. The van der Waals surface area contributed by atoms with Gasteiger partial charge in [-0.15, -0.1) is 0 Å². The molecular formula is C27H34N4O3. The Kier molecular flexibility index (Phi) is 6.81. The molecule has 1 N–H and O–H groups in total. The Morgan fingerprint density at radius 1 is 0.794 bits per heavy atom. The lowest BCUT2D eigenvalue weighted by Crippen LogP contribution is -2.51. The first kappa shape index (κ1) is 22.8. The van der Waals surface area contributed by atoms with Crippen LogP contribution < -0.4 is 5.32 Å². The number of hydrogen-bond donors (Lipinski definition) is 1. The van der Waals surface area contributed by atoms with Crippen LogP contribution in [0, 0.1) is 5.92 Å². The third kappa shape index (κ3) is 5.25. The van der Waals surface area contributed by atoms with Crippen molar-refractivity contribution in [3.8, 4) is 0 Å². The predicted molar refractivity (Wildman–Crippen MR) is 133 cm³/mol. The normalized spacial score (nSPS) is 19.6. The molecule has 7 nitrogen and oxygen atoms in total. The van der Waals surface area contributed by atoms with Crippen LogP contribution in [0.5, 0.6) is 0 Å². The molecule has 34 heavy (non-hydrogen) atoms. The summed E-state index contributed by atoms with van der Waals surface area (Å²) in [5.41, 5.74) is 1.14. The van der Waals surface area contributed by atoms with Gasteiger partial charge in [0.15, 0.2) is 0 Å². The van der Waals surface area contributed by atoms with Gasteiger partial charge in [0.25, 0.3) is 5.91 Å². The number of fused-ring (bicyclic) bond motifs is 1. The molecule has 2 aliphatic heterocycles. The minimum atomic E-state index is -0.0599. The van der Waals surface area contributed by atoms with Gasteiger partial charge in [-0.05, 0) is 48.6 Å². The van der Waals surface area contributed by atoms with Crippen LogP contribution in [0.4, 0.5) is 5.69 Å². The van der Waals surface area contributed by atoms with Crippen LogP contribution in [-0.2, 0) is 9.59 Å². The first-order valence-corrected chi connectivity index (χ1v) is 12.7. The minimum absolute atomic E-state index is 0.00109. The van der Waals surface area contributed by atoms with Gasteiger partial charge >= 0.3 is 0 Å². The van der Waals surface area contributed by atoms with Gasteiger partial charge in [0.2, 0.25) is 11.8 Å². The first-order valence-electron chi connectivity index (χ1n) is 12.7. The molecule has 2 aromatic carbocycles. The van der Waals surface area contributed by atoms with Gasteiger partial charge in [0.1, 0.15) is 0 Å². The predicted octanol–water partition coefficient (Wildman–Crippen LogP) is 3.35. The largest absolute Gasteiger partial charge is 0.342 e. The molecule has 3 amide bonds. The summed E-state index contributed by atoms with van der Waals surface area (Å²) in [6, 6.07) is 11.7. The smallest absolute Gasteiger partial charge is 0.256 e. The van der Waals surface area contributed by atoms with E-state index >= 15 is 0 Å². The lowest BCUT2D eigenvalue weighted by Gasteiger charge is -2.35. The van der Waals surface area contributed by atoms with E-state index in [1.807, 2.05) is 46.2 Å². The molecule has 2 aromatic rings. The van der Waals surface area contributed by atoms with Crippen molar-refractivity contribution in [3.05, 3.63) is 42.0 Å². The minimum Gasteiger partial charge on any atom is -0.342 e. The highest BCUT2D eigenvalue weighted by Gasteiger charge is 2.31. The summed E-state index contributed by atoms with van der Waals surface area (Å²) >= 11 is 0. The van der Waals surface area contributed by atoms with Gasteiger partial charge in [-0.3, -0.25) is 19.3 Å². The topological polar surface area (TPSA) is 73.0 Å². The Morgan fingerprint density at radius 2 is 1.44 bits per heavy atom. The van der Waals surface area contributed by atoms with Crippen molar-refractivity contribution in [2.24, 2.45) is 5.92 Å². The van der Waals surface area contributed by atoms with E-state index in [1.54, 1.807) is 0 Å². The monoisotopic (exact) mass is 462 g/mol. The maximum Gasteiger partial charge on any atom is 0.256 e. The van der Waals surface area contributed by atoms with E-state index < -0.39 is 0 Å². The van der Waals surface area contributed by atoms with Crippen molar-refractivity contribution in [1.29, 1.82) is 0 Å². The Bertz CT molecular complexity index is 1060. The number of carbonyl (C=O) groups is 3. The highest BCUT2D eigenvalue weighted by Crippen LogP contribution is 2.32. The third-order valence-electron chi connectivity index (χ3n) is 7.30. The molecule has 1 aliphatic carbocycles. The van der Waals surface area contributed by atoms with Gasteiger partial charge in [-0.2, -0.15) is 0 Å². The van der Waals surface area contributed by atoms with E-state index in [2.05, 4.69) is 10.2 Å². The molecule has 7 heteroatoms. The van der Waals surface area contributed by atoms with Gasteiger partial charge in [0.05, 0.1) is 17.8 Å². The van der Waals surface area contributed by atoms with E-state index in [-0.39, 0.29) is 23.6 Å². The Balaban J connectivity index is 1.25. The zero-order chi connectivity index (χ0) is 23.5. The highest BCUT2D eigenvalue weighted by atomic mass is 16.2. The van der Waals surface area contributed by atoms with Crippen LogP contribution in [0.3, 0.4) is 0 Å². The molecule has 0 spiro atoms. The lowest BCUT2D eigenvalue weighted by molar-refractivity contribution is -0.132. The summed E-state index contributed by atoms with van der Waals surface area (Å²) in [6.45, 7) is 4.69. The number of piperazine rings is 1. The fourth-order valence-electron chi connectivity index (χ4n) is 4.99. The van der Waals surface area contributed by atoms with Crippen LogP contribution in [0.25, 0.3) is 10.8 Å². The van der Waals surface area contributed by atoms with E-state index in [9.17, 15) is 14.4 Å². The number of benzene rings is 2. The number of carbonyl (C=O) groups excluding carboxylic acids is 3. The molecule has 180 valence electrons. The zero-order valence-corrected chi connectivity index (χ0v) is 19.8. The zero-order valence-electron chi connectivity index (χ0n) is 19.8. The fourth-order valence-corrected chi connectivity index (χ4v) is 4.99. The summed E-state index contributed by atoms with van der Waals surface area (Å²) in [4.78, 5) is 44.8. The average molecular weight is 463 g/mol. The van der Waals surface area contributed by atoms with Crippen molar-refractivity contribution >= 4 is 34.2 Å². The summed E-state index contributed by atoms with van der Waals surface area (Å²) in [5, 5.41) is 5.00. The van der Waals surface area contributed by atoms with Crippen molar-refractivity contribution in [1.82, 2.24) is 14.7 Å². The molecule has 0 radical (unpaired) electrons. The average Bonchev–Trinajstić information content (AvgIpc) is 3.71. The molecule has 0 bridgehead atoms.